The van der Waals surface area contributed by atoms with Crippen LogP contribution >= 0.6 is 0 Å². The molecule has 0 aliphatic carbocycles. The molecule has 2 aromatic rings. The highest BCUT2D eigenvalue weighted by molar-refractivity contribution is 5.91. The van der Waals surface area contributed by atoms with Gasteiger partial charge in [-0.1, -0.05) is 24.3 Å². The Hall–Kier alpha value is -2.77. The van der Waals surface area contributed by atoms with E-state index in [1.165, 1.54) is 5.56 Å². The Balaban J connectivity index is 1.28. The van der Waals surface area contributed by atoms with Gasteiger partial charge in [-0.25, -0.2) is 4.79 Å². The molecule has 2 saturated heterocycles. The number of likely N-dealkylation sites (tertiary alicyclic amines) is 1. The first-order chi connectivity index (χ1) is 15.2. The van der Waals surface area contributed by atoms with E-state index in [-0.39, 0.29) is 12.1 Å². The summed E-state index contributed by atoms with van der Waals surface area (Å²) in [4.78, 5) is 14.7. The summed E-state index contributed by atoms with van der Waals surface area (Å²) in [5.41, 5.74) is 8.89. The third-order valence-electron chi connectivity index (χ3n) is 6.25. The number of piperidine rings is 1. The van der Waals surface area contributed by atoms with Crippen LogP contribution in [0.4, 0.5) is 10.5 Å². The molecule has 0 radical (unpaired) electrons. The average Bonchev–Trinajstić information content (AvgIpc) is 3.31. The highest BCUT2D eigenvalue weighted by Crippen LogP contribution is 2.32. The van der Waals surface area contributed by atoms with Crippen molar-refractivity contribution < 1.29 is 14.3 Å². The van der Waals surface area contributed by atoms with E-state index >= 15 is 0 Å². The molecule has 7 nitrogen and oxygen atoms in total. The lowest BCUT2D eigenvalue weighted by atomic mass is 9.86. The lowest BCUT2D eigenvalue weighted by molar-refractivity contribution is 0.169. The maximum absolute atomic E-state index is 12.8. The summed E-state index contributed by atoms with van der Waals surface area (Å²) in [5, 5.41) is 3.01. The zero-order chi connectivity index (χ0) is 21.6. The number of rotatable bonds is 6. The second-order valence-electron chi connectivity index (χ2n) is 8.14. The number of urea groups is 1. The number of nitrogens with one attached hydrogen (secondary N) is 3. The Morgan fingerprint density at radius 2 is 1.94 bits per heavy atom. The number of hydrogen-bond donors (Lipinski definition) is 3. The van der Waals surface area contributed by atoms with Gasteiger partial charge in [0, 0.05) is 25.2 Å². The fourth-order valence-corrected chi connectivity index (χ4v) is 4.52. The predicted molar refractivity (Wildman–Crippen MR) is 121 cm³/mol. The number of methoxy groups -OCH3 is 1. The van der Waals surface area contributed by atoms with E-state index in [1.807, 2.05) is 48.2 Å². The Morgan fingerprint density at radius 3 is 2.71 bits per heavy atom. The van der Waals surface area contributed by atoms with E-state index in [0.717, 1.165) is 43.8 Å². The van der Waals surface area contributed by atoms with Crippen LogP contribution in [0.2, 0.25) is 0 Å². The van der Waals surface area contributed by atoms with Gasteiger partial charge in [0.2, 0.25) is 0 Å². The molecule has 2 amide bonds. The molecule has 31 heavy (non-hydrogen) atoms. The second kappa shape index (κ2) is 10.0. The van der Waals surface area contributed by atoms with E-state index in [2.05, 4.69) is 28.3 Å². The molecule has 4 rings (SSSR count). The summed E-state index contributed by atoms with van der Waals surface area (Å²) < 4.78 is 11.0. The highest BCUT2D eigenvalue weighted by atomic mass is 16.5. The Morgan fingerprint density at radius 1 is 1.13 bits per heavy atom. The van der Waals surface area contributed by atoms with E-state index in [1.54, 1.807) is 7.11 Å². The number of benzene rings is 2. The van der Waals surface area contributed by atoms with Crippen molar-refractivity contribution in [1.82, 2.24) is 15.8 Å². The van der Waals surface area contributed by atoms with E-state index < -0.39 is 0 Å². The van der Waals surface area contributed by atoms with Crippen LogP contribution in [0, 0.1) is 5.92 Å². The van der Waals surface area contributed by atoms with Crippen LogP contribution in [-0.4, -0.2) is 43.8 Å². The minimum atomic E-state index is -0.0580. The van der Waals surface area contributed by atoms with Gasteiger partial charge < -0.3 is 19.7 Å². The smallest absolute Gasteiger partial charge is 0.321 e. The summed E-state index contributed by atoms with van der Waals surface area (Å²) in [6.07, 6.45) is 3.02. The Kier molecular flexibility index (Phi) is 6.94. The lowest BCUT2D eigenvalue weighted by Crippen LogP contribution is -2.45. The molecule has 3 N–H and O–H groups in total. The van der Waals surface area contributed by atoms with Gasteiger partial charge in [0.25, 0.3) is 0 Å². The van der Waals surface area contributed by atoms with Crippen molar-refractivity contribution in [2.24, 2.45) is 5.92 Å². The molecule has 0 aromatic heterocycles. The first kappa shape index (κ1) is 21.5. The van der Waals surface area contributed by atoms with Gasteiger partial charge in [-0.2, -0.15) is 0 Å². The third kappa shape index (κ3) is 5.11. The van der Waals surface area contributed by atoms with Crippen LogP contribution < -0.4 is 25.6 Å². The van der Waals surface area contributed by atoms with Gasteiger partial charge in [-0.15, -0.1) is 0 Å². The summed E-state index contributed by atoms with van der Waals surface area (Å²) in [5.74, 6) is 2.13. The maximum atomic E-state index is 12.8. The van der Waals surface area contributed by atoms with Crippen LogP contribution in [0.25, 0.3) is 0 Å². The number of nitrogens with zero attached hydrogens (tertiary/aromatic N) is 1. The van der Waals surface area contributed by atoms with E-state index in [4.69, 9.17) is 9.47 Å². The molecule has 2 fully saturated rings. The summed E-state index contributed by atoms with van der Waals surface area (Å²) in [6.45, 7) is 4.02. The number of ether oxygens (including phenoxy) is 2. The Labute approximate surface area is 184 Å². The summed E-state index contributed by atoms with van der Waals surface area (Å²) >= 11 is 0. The number of carbonyl (C=O) groups is 1. The quantitative estimate of drug-likeness (QED) is 0.655. The zero-order valence-corrected chi connectivity index (χ0v) is 18.3. The molecule has 2 atom stereocenters. The number of amides is 2. The van der Waals surface area contributed by atoms with Crippen LogP contribution in [0.3, 0.4) is 0 Å². The standard InChI is InChI=1S/C24H32N4O3/c1-3-31-23-10-5-4-9-20(23)25-24(29)28-13-11-17(12-14-28)21-16-22(27-26-21)18-7-6-8-19(15-18)30-2/h4-10,15,17,21-22,26-27H,3,11-14,16H2,1-2H3,(H,25,29). The van der Waals surface area contributed by atoms with Gasteiger partial charge >= 0.3 is 6.03 Å². The molecule has 0 bridgehead atoms. The Bertz CT molecular complexity index is 883. The molecule has 166 valence electrons. The SMILES string of the molecule is CCOc1ccccc1NC(=O)N1CCC(C2CC(c3cccc(OC)c3)NN2)CC1. The molecule has 2 aliphatic heterocycles. The number of hydrogen-bond acceptors (Lipinski definition) is 5. The van der Waals surface area contributed by atoms with Crippen molar-refractivity contribution in [2.45, 2.75) is 38.3 Å². The average molecular weight is 425 g/mol. The topological polar surface area (TPSA) is 74.9 Å². The zero-order valence-electron chi connectivity index (χ0n) is 18.3. The summed E-state index contributed by atoms with van der Waals surface area (Å²) in [7, 11) is 1.70. The van der Waals surface area contributed by atoms with Gasteiger partial charge in [0.05, 0.1) is 19.4 Å². The van der Waals surface area contributed by atoms with Gasteiger partial charge in [-0.3, -0.25) is 10.9 Å². The third-order valence-corrected chi connectivity index (χ3v) is 6.25. The molecule has 2 unspecified atom stereocenters. The van der Waals surface area contributed by atoms with Crippen molar-refractivity contribution in [3.05, 3.63) is 54.1 Å². The van der Waals surface area contributed by atoms with Crippen LogP contribution in [-0.2, 0) is 0 Å². The van der Waals surface area contributed by atoms with Gasteiger partial charge in [0.15, 0.2) is 0 Å². The van der Waals surface area contributed by atoms with Crippen LogP contribution in [0.1, 0.15) is 37.8 Å². The lowest BCUT2D eigenvalue weighted by Gasteiger charge is -2.34. The van der Waals surface area contributed by atoms with Crippen molar-refractivity contribution in [3.63, 3.8) is 0 Å². The van der Waals surface area contributed by atoms with Crippen LogP contribution in [0.15, 0.2) is 48.5 Å². The number of para-hydroxylation sites is 2. The molecule has 0 spiro atoms. The number of anilines is 1. The molecule has 7 heteroatoms. The van der Waals surface area contributed by atoms with Crippen molar-refractivity contribution >= 4 is 11.7 Å². The first-order valence-corrected chi connectivity index (χ1v) is 11.1. The molecule has 0 saturated carbocycles. The van der Waals surface area contributed by atoms with Crippen molar-refractivity contribution in [2.75, 3.05) is 32.1 Å². The van der Waals surface area contributed by atoms with Crippen molar-refractivity contribution in [3.8, 4) is 11.5 Å². The normalized spacial score (nSPS) is 21.7. The molecular formula is C24H32N4O3. The monoisotopic (exact) mass is 424 g/mol. The fraction of sp³-hybridized carbons (Fsp3) is 0.458. The first-order valence-electron chi connectivity index (χ1n) is 11.1. The van der Waals surface area contributed by atoms with Crippen LogP contribution in [0.5, 0.6) is 11.5 Å². The maximum Gasteiger partial charge on any atom is 0.321 e. The van der Waals surface area contributed by atoms with E-state index in [9.17, 15) is 4.79 Å². The second-order valence-corrected chi connectivity index (χ2v) is 8.14. The molecule has 2 aromatic carbocycles. The van der Waals surface area contributed by atoms with Gasteiger partial charge in [0.1, 0.15) is 11.5 Å². The minimum absolute atomic E-state index is 0.0580. The van der Waals surface area contributed by atoms with Gasteiger partial charge in [-0.05, 0) is 61.9 Å². The van der Waals surface area contributed by atoms with E-state index in [0.29, 0.717) is 24.3 Å². The molecule has 2 heterocycles. The number of hydrazine groups is 1. The highest BCUT2D eigenvalue weighted by Gasteiger charge is 2.34. The minimum Gasteiger partial charge on any atom is -0.497 e. The fourth-order valence-electron chi connectivity index (χ4n) is 4.52. The summed E-state index contributed by atoms with van der Waals surface area (Å²) in [6, 6.07) is 16.4. The number of carbonyl (C=O) groups excluding carboxylic acids is 1. The largest absolute Gasteiger partial charge is 0.497 e. The molecule has 2 aliphatic rings. The molecular weight excluding hydrogens is 392 g/mol. The van der Waals surface area contributed by atoms with Crippen molar-refractivity contribution in [1.29, 1.82) is 0 Å². The predicted octanol–water partition coefficient (Wildman–Crippen LogP) is 3.95.